The molecule has 0 aromatic heterocycles. The molecule has 0 saturated carbocycles. The summed E-state index contributed by atoms with van der Waals surface area (Å²) in [5, 5.41) is 0. The maximum absolute atomic E-state index is 12.9. The molecule has 0 unspecified atom stereocenters. The van der Waals surface area contributed by atoms with Gasteiger partial charge in [-0.15, -0.1) is 0 Å². The molecule has 0 N–H and O–H groups in total. The lowest BCUT2D eigenvalue weighted by Crippen LogP contribution is -2.30. The summed E-state index contributed by atoms with van der Waals surface area (Å²) in [5.41, 5.74) is 0. The fourth-order valence-electron chi connectivity index (χ4n) is 9.40. The van der Waals surface area contributed by atoms with Gasteiger partial charge in [0.2, 0.25) is 0 Å². The van der Waals surface area contributed by atoms with Gasteiger partial charge in [0.05, 0.1) is 0 Å². The largest absolute Gasteiger partial charge is 0.462 e. The van der Waals surface area contributed by atoms with E-state index in [-0.39, 0.29) is 31.1 Å². The van der Waals surface area contributed by atoms with Crippen LogP contribution in [0.25, 0.3) is 0 Å². The quantitative estimate of drug-likeness (QED) is 0.0343. The minimum absolute atomic E-state index is 0.0624. The van der Waals surface area contributed by atoms with E-state index in [9.17, 15) is 14.4 Å². The van der Waals surface area contributed by atoms with Gasteiger partial charge in [-0.05, 0) is 31.1 Å². The van der Waals surface area contributed by atoms with Crippen LogP contribution in [0.5, 0.6) is 0 Å². The van der Waals surface area contributed by atoms with Gasteiger partial charge in [0.1, 0.15) is 13.2 Å². The molecule has 6 nitrogen and oxygen atoms in total. The van der Waals surface area contributed by atoms with E-state index in [2.05, 4.69) is 34.6 Å². The first kappa shape index (κ1) is 65.4. The minimum atomic E-state index is -0.763. The highest BCUT2D eigenvalue weighted by Crippen LogP contribution is 2.18. The maximum atomic E-state index is 12.9. The number of hydrogen-bond acceptors (Lipinski definition) is 6. The van der Waals surface area contributed by atoms with Crippen molar-refractivity contribution in [2.75, 3.05) is 13.2 Å². The van der Waals surface area contributed by atoms with E-state index in [4.69, 9.17) is 14.2 Å². The molecule has 0 rings (SSSR count). The van der Waals surface area contributed by atoms with Gasteiger partial charge in [0.25, 0.3) is 0 Å². The molecule has 0 aliphatic carbocycles. The molecule has 398 valence electrons. The Balaban J connectivity index is 4.24. The zero-order valence-electron chi connectivity index (χ0n) is 46.0. The normalized spacial score (nSPS) is 12.0. The number of hydrogen-bond donors (Lipinski definition) is 0. The van der Waals surface area contributed by atoms with Crippen molar-refractivity contribution < 1.29 is 28.6 Å². The first-order valence-electron chi connectivity index (χ1n) is 30.2. The first-order chi connectivity index (χ1) is 32.7. The topological polar surface area (TPSA) is 78.9 Å². The summed E-state index contributed by atoms with van der Waals surface area (Å²) in [5.74, 6) is 0.848. The molecule has 0 fully saturated rings. The van der Waals surface area contributed by atoms with Crippen molar-refractivity contribution in [1.29, 1.82) is 0 Å². The second-order valence-corrected chi connectivity index (χ2v) is 21.9. The standard InChI is InChI=1S/C61H118O6/c1-6-7-8-9-10-11-12-13-21-26-31-36-41-46-51-59(62)65-54-58(67-61(64)53-48-43-38-33-28-23-25-30-35-40-45-50-57(4)5)55-66-60(63)52-47-42-37-32-27-22-19-17-15-14-16-18-20-24-29-34-39-44-49-56(2)3/h56-58H,6-55H2,1-5H3/t58-/m0/s1. The van der Waals surface area contributed by atoms with Crippen LogP contribution >= 0.6 is 0 Å². The van der Waals surface area contributed by atoms with E-state index in [0.717, 1.165) is 69.6 Å². The van der Waals surface area contributed by atoms with Gasteiger partial charge >= 0.3 is 17.9 Å². The van der Waals surface area contributed by atoms with Crippen LogP contribution in [-0.4, -0.2) is 37.2 Å². The van der Waals surface area contributed by atoms with Crippen LogP contribution in [0.1, 0.15) is 343 Å². The lowest BCUT2D eigenvalue weighted by molar-refractivity contribution is -0.167. The van der Waals surface area contributed by atoms with Crippen molar-refractivity contribution >= 4 is 17.9 Å². The molecular weight excluding hydrogens is 829 g/mol. The molecule has 0 radical (unpaired) electrons. The Hall–Kier alpha value is -1.59. The molecule has 0 bridgehead atoms. The molecule has 6 heteroatoms. The summed E-state index contributed by atoms with van der Waals surface area (Å²) < 4.78 is 16.9. The Morgan fingerprint density at radius 1 is 0.284 bits per heavy atom. The van der Waals surface area contributed by atoms with Crippen LogP contribution in [0.15, 0.2) is 0 Å². The van der Waals surface area contributed by atoms with Crippen molar-refractivity contribution in [2.45, 2.75) is 349 Å². The Kier molecular flexibility index (Phi) is 52.5. The molecule has 0 aromatic rings. The third-order valence-corrected chi connectivity index (χ3v) is 14.0. The van der Waals surface area contributed by atoms with Crippen LogP contribution in [0.2, 0.25) is 0 Å². The second-order valence-electron chi connectivity index (χ2n) is 21.9. The SMILES string of the molecule is CCCCCCCCCCCCCCCCC(=O)OC[C@@H](COC(=O)CCCCCCCCCCCCCCCCCCCCC(C)C)OC(=O)CCCCCCCCCCCCCC(C)C. The van der Waals surface area contributed by atoms with Gasteiger partial charge < -0.3 is 14.2 Å². The summed E-state index contributed by atoms with van der Waals surface area (Å²) in [7, 11) is 0. The lowest BCUT2D eigenvalue weighted by Gasteiger charge is -2.18. The Morgan fingerprint density at radius 3 is 0.731 bits per heavy atom. The number of ether oxygens (including phenoxy) is 3. The van der Waals surface area contributed by atoms with Gasteiger partial charge in [-0.2, -0.15) is 0 Å². The predicted octanol–water partition coefficient (Wildman–Crippen LogP) is 20.0. The van der Waals surface area contributed by atoms with Crippen LogP contribution in [-0.2, 0) is 28.6 Å². The summed E-state index contributed by atoms with van der Waals surface area (Å²) in [6, 6.07) is 0. The number of carbonyl (C=O) groups excluding carboxylic acids is 3. The average Bonchev–Trinajstić information content (AvgIpc) is 3.30. The average molecular weight is 948 g/mol. The number of unbranched alkanes of at least 4 members (excludes halogenated alkanes) is 40. The predicted molar refractivity (Wildman–Crippen MR) is 289 cm³/mol. The van der Waals surface area contributed by atoms with Crippen molar-refractivity contribution in [3.8, 4) is 0 Å². The van der Waals surface area contributed by atoms with Crippen LogP contribution in [0.3, 0.4) is 0 Å². The molecular formula is C61H118O6. The Labute approximate surface area is 418 Å². The monoisotopic (exact) mass is 947 g/mol. The Bertz CT molecular complexity index is 1020. The molecule has 0 spiro atoms. The van der Waals surface area contributed by atoms with E-state index in [1.165, 1.54) is 231 Å². The van der Waals surface area contributed by atoms with Gasteiger partial charge in [-0.1, -0.05) is 304 Å². The summed E-state index contributed by atoms with van der Waals surface area (Å²) in [4.78, 5) is 38.2. The van der Waals surface area contributed by atoms with Crippen LogP contribution in [0.4, 0.5) is 0 Å². The van der Waals surface area contributed by atoms with E-state index in [0.29, 0.717) is 19.3 Å². The molecule has 0 aliphatic heterocycles. The van der Waals surface area contributed by atoms with Gasteiger partial charge in [-0.3, -0.25) is 14.4 Å². The first-order valence-corrected chi connectivity index (χ1v) is 30.2. The van der Waals surface area contributed by atoms with E-state index in [1.807, 2.05) is 0 Å². The highest BCUT2D eigenvalue weighted by atomic mass is 16.6. The van der Waals surface area contributed by atoms with Crippen molar-refractivity contribution in [3.63, 3.8) is 0 Å². The van der Waals surface area contributed by atoms with Crippen molar-refractivity contribution in [1.82, 2.24) is 0 Å². The minimum Gasteiger partial charge on any atom is -0.462 e. The number of rotatable bonds is 55. The second kappa shape index (κ2) is 53.8. The lowest BCUT2D eigenvalue weighted by atomic mass is 10.0. The van der Waals surface area contributed by atoms with E-state index in [1.54, 1.807) is 0 Å². The van der Waals surface area contributed by atoms with Crippen molar-refractivity contribution in [3.05, 3.63) is 0 Å². The van der Waals surface area contributed by atoms with Crippen molar-refractivity contribution in [2.24, 2.45) is 11.8 Å². The molecule has 0 saturated heterocycles. The van der Waals surface area contributed by atoms with Crippen LogP contribution < -0.4 is 0 Å². The highest BCUT2D eigenvalue weighted by Gasteiger charge is 2.19. The summed E-state index contributed by atoms with van der Waals surface area (Å²) in [6.07, 6.45) is 58.1. The fourth-order valence-corrected chi connectivity index (χ4v) is 9.40. The van der Waals surface area contributed by atoms with E-state index >= 15 is 0 Å². The number of esters is 3. The zero-order valence-corrected chi connectivity index (χ0v) is 46.0. The maximum Gasteiger partial charge on any atom is 0.306 e. The number of carbonyl (C=O) groups is 3. The smallest absolute Gasteiger partial charge is 0.306 e. The van der Waals surface area contributed by atoms with E-state index < -0.39 is 6.10 Å². The van der Waals surface area contributed by atoms with Gasteiger partial charge in [-0.25, -0.2) is 0 Å². The fraction of sp³-hybridized carbons (Fsp3) is 0.951. The van der Waals surface area contributed by atoms with Crippen LogP contribution in [0, 0.1) is 11.8 Å². The molecule has 1 atom stereocenters. The third kappa shape index (κ3) is 55.2. The van der Waals surface area contributed by atoms with Gasteiger partial charge in [0, 0.05) is 19.3 Å². The third-order valence-electron chi connectivity index (χ3n) is 14.0. The Morgan fingerprint density at radius 2 is 0.493 bits per heavy atom. The molecule has 67 heavy (non-hydrogen) atoms. The highest BCUT2D eigenvalue weighted by molar-refractivity contribution is 5.71. The zero-order chi connectivity index (χ0) is 48.9. The summed E-state index contributed by atoms with van der Waals surface area (Å²) in [6.45, 7) is 11.4. The molecule has 0 aromatic carbocycles. The molecule has 0 amide bonds. The molecule has 0 heterocycles. The van der Waals surface area contributed by atoms with Gasteiger partial charge in [0.15, 0.2) is 6.10 Å². The molecule has 0 aliphatic rings. The summed E-state index contributed by atoms with van der Waals surface area (Å²) >= 11 is 0.